The molecular formula is C28H34FN5O. The topological polar surface area (TPSA) is 70.2 Å². The number of carbonyl (C=O) groups excluding carboxylic acids is 1. The van der Waals surface area contributed by atoms with Crippen LogP contribution in [-0.4, -0.2) is 41.6 Å². The Balaban J connectivity index is 1.57. The smallest absolute Gasteiger partial charge is 0.255 e. The van der Waals surface area contributed by atoms with Crippen molar-refractivity contribution in [2.45, 2.75) is 65.0 Å². The van der Waals surface area contributed by atoms with Crippen molar-refractivity contribution in [3.8, 4) is 0 Å². The summed E-state index contributed by atoms with van der Waals surface area (Å²) in [6, 6.07) is 7.12. The monoisotopic (exact) mass is 475 g/mol. The van der Waals surface area contributed by atoms with Gasteiger partial charge in [0.05, 0.1) is 28.5 Å². The Morgan fingerprint density at radius 1 is 1.20 bits per heavy atom. The third-order valence-corrected chi connectivity index (χ3v) is 7.18. The average molecular weight is 476 g/mol. The predicted octanol–water partition coefficient (Wildman–Crippen LogP) is 4.94. The first kappa shape index (κ1) is 23.7. The Morgan fingerprint density at radius 2 is 2.00 bits per heavy atom. The number of pyridine rings is 2. The van der Waals surface area contributed by atoms with Crippen LogP contribution in [0.1, 0.15) is 77.9 Å². The normalized spacial score (nSPS) is 19.5. The fraction of sp³-hybridized carbons (Fsp3) is 0.464. The van der Waals surface area contributed by atoms with Gasteiger partial charge in [0.2, 0.25) is 0 Å². The van der Waals surface area contributed by atoms with Gasteiger partial charge >= 0.3 is 0 Å². The van der Waals surface area contributed by atoms with Crippen LogP contribution in [0.5, 0.6) is 0 Å². The molecule has 3 heterocycles. The van der Waals surface area contributed by atoms with Crippen LogP contribution < -0.4 is 15.5 Å². The van der Waals surface area contributed by atoms with E-state index in [0.717, 1.165) is 72.4 Å². The number of amides is 1. The van der Waals surface area contributed by atoms with Crippen LogP contribution in [0.4, 0.5) is 10.1 Å². The molecule has 6 nitrogen and oxygen atoms in total. The van der Waals surface area contributed by atoms with E-state index in [9.17, 15) is 9.18 Å². The Bertz CT molecular complexity index is 1270. The SMILES string of the molecule is Cc1ccc([C@H](C)NC(=O)c2cnc3c(C4CC4)nc(C)cc3c2N2CCN[C@@H](C)CC2)c(F)c1. The largest absolute Gasteiger partial charge is 0.369 e. The van der Waals surface area contributed by atoms with Gasteiger partial charge in [-0.1, -0.05) is 12.1 Å². The maximum atomic E-state index is 14.6. The molecule has 2 N–H and O–H groups in total. The lowest BCUT2D eigenvalue weighted by Gasteiger charge is -2.27. The number of nitrogens with one attached hydrogen (secondary N) is 2. The zero-order chi connectivity index (χ0) is 24.7. The molecule has 2 aliphatic rings. The van der Waals surface area contributed by atoms with Gasteiger partial charge in [-0.2, -0.15) is 0 Å². The Kier molecular flexibility index (Phi) is 6.45. The Labute approximate surface area is 206 Å². The standard InChI is InChI=1S/C28H34FN5O/c1-16-5-8-21(24(29)13-16)19(4)33-28(35)23-15-31-26-22(14-18(3)32-25(26)20-6-7-20)27(23)34-11-9-17(2)30-10-12-34/h5,8,13-15,17,19-20,30H,6-7,9-12H2,1-4H3,(H,33,35)/t17-,19-/m0/s1. The average Bonchev–Trinajstić information content (AvgIpc) is 3.66. The van der Waals surface area contributed by atoms with Crippen LogP contribution >= 0.6 is 0 Å². The molecule has 1 aromatic carbocycles. The number of anilines is 1. The van der Waals surface area contributed by atoms with E-state index in [0.29, 0.717) is 23.1 Å². The van der Waals surface area contributed by atoms with Crippen molar-refractivity contribution in [2.75, 3.05) is 24.5 Å². The van der Waals surface area contributed by atoms with Gasteiger partial charge < -0.3 is 15.5 Å². The van der Waals surface area contributed by atoms with E-state index in [2.05, 4.69) is 28.5 Å². The summed E-state index contributed by atoms with van der Waals surface area (Å²) >= 11 is 0. The van der Waals surface area contributed by atoms with Crippen LogP contribution in [0.25, 0.3) is 10.9 Å². The Hall–Kier alpha value is -3.06. The number of nitrogens with zero attached hydrogens (tertiary/aromatic N) is 3. The zero-order valence-corrected chi connectivity index (χ0v) is 21.0. The summed E-state index contributed by atoms with van der Waals surface area (Å²) < 4.78 is 14.6. The first-order valence-corrected chi connectivity index (χ1v) is 12.7. The third kappa shape index (κ3) is 4.87. The number of rotatable bonds is 5. The van der Waals surface area contributed by atoms with Crippen LogP contribution in [0, 0.1) is 19.7 Å². The molecule has 0 bridgehead atoms. The zero-order valence-electron chi connectivity index (χ0n) is 21.0. The van der Waals surface area contributed by atoms with E-state index in [1.54, 1.807) is 12.3 Å². The number of hydrogen-bond acceptors (Lipinski definition) is 5. The summed E-state index contributed by atoms with van der Waals surface area (Å²) in [4.78, 5) is 25.5. The molecule has 0 radical (unpaired) electrons. The summed E-state index contributed by atoms with van der Waals surface area (Å²) in [5.74, 6) is -0.0969. The van der Waals surface area contributed by atoms with Crippen LogP contribution in [-0.2, 0) is 0 Å². The molecule has 1 saturated heterocycles. The van der Waals surface area contributed by atoms with Crippen molar-refractivity contribution in [1.82, 2.24) is 20.6 Å². The lowest BCUT2D eigenvalue weighted by molar-refractivity contribution is 0.0939. The number of aromatic nitrogens is 2. The van der Waals surface area contributed by atoms with E-state index in [4.69, 9.17) is 9.97 Å². The highest BCUT2D eigenvalue weighted by atomic mass is 19.1. The van der Waals surface area contributed by atoms with Gasteiger partial charge in [0.25, 0.3) is 5.91 Å². The number of hydrogen-bond donors (Lipinski definition) is 2. The van der Waals surface area contributed by atoms with Crippen molar-refractivity contribution in [2.24, 2.45) is 0 Å². The van der Waals surface area contributed by atoms with E-state index in [1.807, 2.05) is 26.8 Å². The fourth-order valence-corrected chi connectivity index (χ4v) is 5.06. The van der Waals surface area contributed by atoms with Gasteiger partial charge in [0.1, 0.15) is 5.82 Å². The minimum Gasteiger partial charge on any atom is -0.369 e. The second kappa shape index (κ2) is 9.53. The maximum Gasteiger partial charge on any atom is 0.255 e. The summed E-state index contributed by atoms with van der Waals surface area (Å²) in [5.41, 5.74) is 5.65. The van der Waals surface area contributed by atoms with Crippen LogP contribution in [0.2, 0.25) is 0 Å². The number of carbonyl (C=O) groups is 1. The molecule has 0 spiro atoms. The molecule has 7 heteroatoms. The molecule has 1 aliphatic heterocycles. The molecule has 5 rings (SSSR count). The van der Waals surface area contributed by atoms with E-state index in [-0.39, 0.29) is 11.7 Å². The van der Waals surface area contributed by atoms with Gasteiger partial charge in [-0.25, -0.2) is 4.39 Å². The number of halogens is 1. The molecular weight excluding hydrogens is 441 g/mol. The van der Waals surface area contributed by atoms with Crippen molar-refractivity contribution in [1.29, 1.82) is 0 Å². The summed E-state index contributed by atoms with van der Waals surface area (Å²) in [6.07, 6.45) is 4.94. The van der Waals surface area contributed by atoms with E-state index >= 15 is 0 Å². The molecule has 1 amide bonds. The molecule has 1 aliphatic carbocycles. The summed E-state index contributed by atoms with van der Waals surface area (Å²) in [6.45, 7) is 10.4. The molecule has 35 heavy (non-hydrogen) atoms. The lowest BCUT2D eigenvalue weighted by Crippen LogP contribution is -2.33. The summed E-state index contributed by atoms with van der Waals surface area (Å²) in [5, 5.41) is 7.56. The van der Waals surface area contributed by atoms with Crippen molar-refractivity contribution in [3.63, 3.8) is 0 Å². The third-order valence-electron chi connectivity index (χ3n) is 7.18. The Morgan fingerprint density at radius 3 is 2.74 bits per heavy atom. The van der Waals surface area contributed by atoms with Crippen molar-refractivity contribution >= 4 is 22.5 Å². The highest BCUT2D eigenvalue weighted by molar-refractivity contribution is 6.08. The maximum absolute atomic E-state index is 14.6. The number of aryl methyl sites for hydroxylation is 2. The fourth-order valence-electron chi connectivity index (χ4n) is 5.06. The molecule has 2 fully saturated rings. The first-order valence-electron chi connectivity index (χ1n) is 12.7. The summed E-state index contributed by atoms with van der Waals surface area (Å²) in [7, 11) is 0. The van der Waals surface area contributed by atoms with E-state index < -0.39 is 6.04 Å². The van der Waals surface area contributed by atoms with Gasteiger partial charge in [0.15, 0.2) is 0 Å². The molecule has 184 valence electrons. The van der Waals surface area contributed by atoms with Crippen LogP contribution in [0.3, 0.4) is 0 Å². The quantitative estimate of drug-likeness (QED) is 0.547. The van der Waals surface area contributed by atoms with Crippen molar-refractivity contribution in [3.05, 3.63) is 64.4 Å². The van der Waals surface area contributed by atoms with Gasteiger partial charge in [-0.15, -0.1) is 0 Å². The predicted molar refractivity (Wildman–Crippen MR) is 138 cm³/mol. The van der Waals surface area contributed by atoms with Gasteiger partial charge in [-0.05, 0) is 64.7 Å². The van der Waals surface area contributed by atoms with Crippen molar-refractivity contribution < 1.29 is 9.18 Å². The number of fused-ring (bicyclic) bond motifs is 1. The molecule has 1 saturated carbocycles. The van der Waals surface area contributed by atoms with E-state index in [1.165, 1.54) is 6.07 Å². The molecule has 2 atom stereocenters. The minimum absolute atomic E-state index is 0.241. The lowest BCUT2D eigenvalue weighted by atomic mass is 10.0. The second-order valence-electron chi connectivity index (χ2n) is 10.2. The minimum atomic E-state index is -0.473. The second-order valence-corrected chi connectivity index (χ2v) is 10.2. The molecule has 2 aromatic heterocycles. The highest BCUT2D eigenvalue weighted by Crippen LogP contribution is 2.43. The van der Waals surface area contributed by atoms with Gasteiger partial charge in [0, 0.05) is 54.4 Å². The molecule has 0 unspecified atom stereocenters. The van der Waals surface area contributed by atoms with Gasteiger partial charge in [-0.3, -0.25) is 14.8 Å². The van der Waals surface area contributed by atoms with Crippen LogP contribution in [0.15, 0.2) is 30.5 Å². The highest BCUT2D eigenvalue weighted by Gasteiger charge is 2.31. The first-order chi connectivity index (χ1) is 16.8. The number of benzene rings is 1. The molecule has 3 aromatic rings.